The van der Waals surface area contributed by atoms with Crippen molar-refractivity contribution in [2.45, 2.75) is 45.7 Å². The summed E-state index contributed by atoms with van der Waals surface area (Å²) in [5.74, 6) is 2.49. The van der Waals surface area contributed by atoms with E-state index in [1.54, 1.807) is 7.11 Å². The minimum absolute atomic E-state index is 0.612. The van der Waals surface area contributed by atoms with Gasteiger partial charge in [-0.05, 0) is 46.3 Å². The average molecular weight is 405 g/mol. The van der Waals surface area contributed by atoms with Crippen LogP contribution in [0.5, 0.6) is 5.75 Å². The van der Waals surface area contributed by atoms with Crippen LogP contribution in [0.2, 0.25) is 0 Å². The molecule has 1 aromatic rings. The zero-order valence-electron chi connectivity index (χ0n) is 12.4. The molecule has 0 aliphatic heterocycles. The first-order valence-electron chi connectivity index (χ1n) is 7.28. The van der Waals surface area contributed by atoms with E-state index in [4.69, 9.17) is 4.74 Å². The maximum Gasteiger partial charge on any atom is 0.137 e. The van der Waals surface area contributed by atoms with E-state index in [-0.39, 0.29) is 0 Å². The molecule has 0 radical (unpaired) electrons. The van der Waals surface area contributed by atoms with Crippen LogP contribution in [-0.2, 0) is 6.54 Å². The number of hydrogen-bond acceptors (Lipinski definition) is 2. The highest BCUT2D eigenvalue weighted by Gasteiger charge is 2.26. The van der Waals surface area contributed by atoms with Gasteiger partial charge in [0.05, 0.1) is 11.6 Å². The highest BCUT2D eigenvalue weighted by Crippen LogP contribution is 2.34. The van der Waals surface area contributed by atoms with Gasteiger partial charge in [-0.1, -0.05) is 42.6 Å². The molecule has 4 heteroatoms. The van der Waals surface area contributed by atoms with Crippen molar-refractivity contribution in [1.82, 2.24) is 5.32 Å². The van der Waals surface area contributed by atoms with Crippen LogP contribution in [0, 0.1) is 11.8 Å². The molecular formula is C16H23Br2NO. The standard InChI is InChI=1S/C16H23Br2NO/c1-10-5-4-6-15(11(10)2)19-9-12-7-13(17)8-14(18)16(12)20-3/h7-8,10-11,15,19H,4-6,9H2,1-3H3. The molecule has 0 heterocycles. The maximum absolute atomic E-state index is 5.51. The third kappa shape index (κ3) is 3.77. The third-order valence-electron chi connectivity index (χ3n) is 4.55. The fourth-order valence-corrected chi connectivity index (χ4v) is 4.56. The Hall–Kier alpha value is -0.0600. The quantitative estimate of drug-likeness (QED) is 0.750. The van der Waals surface area contributed by atoms with E-state index in [1.807, 2.05) is 6.07 Å². The van der Waals surface area contributed by atoms with E-state index in [9.17, 15) is 0 Å². The van der Waals surface area contributed by atoms with E-state index in [0.29, 0.717) is 6.04 Å². The lowest BCUT2D eigenvalue weighted by atomic mass is 9.78. The number of ether oxygens (including phenoxy) is 1. The molecule has 20 heavy (non-hydrogen) atoms. The molecule has 3 unspecified atom stereocenters. The molecule has 1 fully saturated rings. The van der Waals surface area contributed by atoms with E-state index in [1.165, 1.54) is 24.8 Å². The van der Waals surface area contributed by atoms with Crippen LogP contribution in [0.15, 0.2) is 21.1 Å². The predicted octanol–water partition coefficient (Wildman–Crippen LogP) is 5.13. The molecule has 1 N–H and O–H groups in total. The molecule has 1 aromatic carbocycles. The van der Waals surface area contributed by atoms with Gasteiger partial charge in [0.1, 0.15) is 5.75 Å². The number of benzene rings is 1. The van der Waals surface area contributed by atoms with Crippen molar-refractivity contribution in [2.24, 2.45) is 11.8 Å². The highest BCUT2D eigenvalue weighted by atomic mass is 79.9. The van der Waals surface area contributed by atoms with E-state index in [0.717, 1.165) is 33.1 Å². The van der Waals surface area contributed by atoms with Gasteiger partial charge >= 0.3 is 0 Å². The van der Waals surface area contributed by atoms with Gasteiger partial charge in [0.2, 0.25) is 0 Å². The Bertz CT molecular complexity index is 464. The van der Waals surface area contributed by atoms with Gasteiger partial charge in [-0.15, -0.1) is 0 Å². The van der Waals surface area contributed by atoms with E-state index >= 15 is 0 Å². The summed E-state index contributed by atoms with van der Waals surface area (Å²) >= 11 is 7.11. The Morgan fingerprint density at radius 1 is 1.25 bits per heavy atom. The molecule has 0 spiro atoms. The molecule has 0 aromatic heterocycles. The molecule has 2 rings (SSSR count). The van der Waals surface area contributed by atoms with Crippen molar-refractivity contribution < 1.29 is 4.74 Å². The Balaban J connectivity index is 2.07. The Morgan fingerprint density at radius 3 is 2.70 bits per heavy atom. The molecule has 112 valence electrons. The second-order valence-corrected chi connectivity index (χ2v) is 7.60. The zero-order chi connectivity index (χ0) is 14.7. The van der Waals surface area contributed by atoms with Crippen molar-refractivity contribution >= 4 is 31.9 Å². The summed E-state index contributed by atoms with van der Waals surface area (Å²) in [6.07, 6.45) is 3.98. The molecular weight excluding hydrogens is 382 g/mol. The van der Waals surface area contributed by atoms with Crippen molar-refractivity contribution in [3.05, 3.63) is 26.6 Å². The topological polar surface area (TPSA) is 21.3 Å². The molecule has 0 amide bonds. The maximum atomic E-state index is 5.51. The summed E-state index contributed by atoms with van der Waals surface area (Å²) in [4.78, 5) is 0. The lowest BCUT2D eigenvalue weighted by Crippen LogP contribution is -2.40. The van der Waals surface area contributed by atoms with Crippen LogP contribution in [0.25, 0.3) is 0 Å². The summed E-state index contributed by atoms with van der Waals surface area (Å²) in [6.45, 7) is 5.59. The average Bonchev–Trinajstić information content (AvgIpc) is 2.40. The first-order valence-corrected chi connectivity index (χ1v) is 8.86. The van der Waals surface area contributed by atoms with Gasteiger partial charge in [0, 0.05) is 22.6 Å². The van der Waals surface area contributed by atoms with Crippen LogP contribution in [0.1, 0.15) is 38.7 Å². The first-order chi connectivity index (χ1) is 9.52. The first kappa shape index (κ1) is 16.3. The number of nitrogens with one attached hydrogen (secondary N) is 1. The molecule has 1 aliphatic rings. The van der Waals surface area contributed by atoms with Crippen LogP contribution >= 0.6 is 31.9 Å². The van der Waals surface area contributed by atoms with Gasteiger partial charge in [0.15, 0.2) is 0 Å². The van der Waals surface area contributed by atoms with Crippen LogP contribution < -0.4 is 10.1 Å². The van der Waals surface area contributed by atoms with E-state index < -0.39 is 0 Å². The second-order valence-electron chi connectivity index (χ2n) is 5.83. The smallest absolute Gasteiger partial charge is 0.137 e. The Kier molecular flexibility index (Phi) is 5.94. The summed E-state index contributed by atoms with van der Waals surface area (Å²) in [5.41, 5.74) is 1.19. The van der Waals surface area contributed by atoms with Gasteiger partial charge in [-0.25, -0.2) is 0 Å². The van der Waals surface area contributed by atoms with E-state index in [2.05, 4.69) is 57.1 Å². The van der Waals surface area contributed by atoms with Gasteiger partial charge < -0.3 is 10.1 Å². The van der Waals surface area contributed by atoms with Crippen LogP contribution in [-0.4, -0.2) is 13.2 Å². The highest BCUT2D eigenvalue weighted by molar-refractivity contribution is 9.11. The Morgan fingerprint density at radius 2 is 2.00 bits per heavy atom. The van der Waals surface area contributed by atoms with Crippen LogP contribution in [0.3, 0.4) is 0 Å². The Labute approximate surface area is 138 Å². The van der Waals surface area contributed by atoms with Crippen molar-refractivity contribution in [1.29, 1.82) is 0 Å². The lowest BCUT2D eigenvalue weighted by Gasteiger charge is -2.35. The fraction of sp³-hybridized carbons (Fsp3) is 0.625. The zero-order valence-corrected chi connectivity index (χ0v) is 15.6. The summed E-state index contributed by atoms with van der Waals surface area (Å²) < 4.78 is 7.58. The SMILES string of the molecule is COc1c(Br)cc(Br)cc1CNC1CCCC(C)C1C. The van der Waals surface area contributed by atoms with Crippen LogP contribution in [0.4, 0.5) is 0 Å². The third-order valence-corrected chi connectivity index (χ3v) is 5.60. The number of rotatable bonds is 4. The normalized spacial score (nSPS) is 26.6. The number of methoxy groups -OCH3 is 1. The van der Waals surface area contributed by atoms with Crippen molar-refractivity contribution in [3.63, 3.8) is 0 Å². The molecule has 1 aliphatic carbocycles. The van der Waals surface area contributed by atoms with Gasteiger partial charge in [0.25, 0.3) is 0 Å². The summed E-state index contributed by atoms with van der Waals surface area (Å²) in [6, 6.07) is 4.77. The molecule has 3 atom stereocenters. The monoisotopic (exact) mass is 403 g/mol. The minimum Gasteiger partial charge on any atom is -0.495 e. The minimum atomic E-state index is 0.612. The number of hydrogen-bond donors (Lipinski definition) is 1. The van der Waals surface area contributed by atoms with Gasteiger partial charge in [-0.2, -0.15) is 0 Å². The lowest BCUT2D eigenvalue weighted by molar-refractivity contribution is 0.205. The largest absolute Gasteiger partial charge is 0.495 e. The molecule has 0 bridgehead atoms. The predicted molar refractivity (Wildman–Crippen MR) is 91.2 cm³/mol. The summed E-state index contributed by atoms with van der Waals surface area (Å²) in [7, 11) is 1.73. The molecule has 2 nitrogen and oxygen atoms in total. The molecule has 1 saturated carbocycles. The summed E-state index contributed by atoms with van der Waals surface area (Å²) in [5, 5.41) is 3.73. The fourth-order valence-electron chi connectivity index (χ4n) is 3.08. The van der Waals surface area contributed by atoms with Gasteiger partial charge in [-0.3, -0.25) is 0 Å². The number of halogens is 2. The molecule has 0 saturated heterocycles. The second kappa shape index (κ2) is 7.28. The van der Waals surface area contributed by atoms with Crippen molar-refractivity contribution in [2.75, 3.05) is 7.11 Å². The van der Waals surface area contributed by atoms with Crippen molar-refractivity contribution in [3.8, 4) is 5.75 Å².